The Bertz CT molecular complexity index is 442. The molecule has 0 bridgehead atoms. The Kier molecular flexibility index (Phi) is 2.41. The Balaban J connectivity index is 1.48. The van der Waals surface area contributed by atoms with E-state index in [1.807, 2.05) is 24.3 Å². The van der Waals surface area contributed by atoms with Crippen molar-refractivity contribution < 1.29 is 9.84 Å². The fraction of sp³-hybridized carbons (Fsp3) is 0.625. The van der Waals surface area contributed by atoms with E-state index in [-0.39, 0.29) is 6.10 Å². The monoisotopic (exact) mass is 244 g/mol. The van der Waals surface area contributed by atoms with Crippen molar-refractivity contribution in [3.8, 4) is 5.75 Å². The molecule has 3 aliphatic carbocycles. The van der Waals surface area contributed by atoms with E-state index >= 15 is 0 Å². The van der Waals surface area contributed by atoms with E-state index in [2.05, 4.69) is 0 Å². The number of aliphatic hydroxyl groups excluding tert-OH is 1. The number of hydrogen-bond donors (Lipinski definition) is 1. The molecule has 0 aliphatic heterocycles. The first kappa shape index (κ1) is 10.9. The van der Waals surface area contributed by atoms with Gasteiger partial charge in [0.25, 0.3) is 0 Å². The van der Waals surface area contributed by atoms with Crippen LogP contribution in [0.15, 0.2) is 24.3 Å². The van der Waals surface area contributed by atoms with E-state index in [9.17, 15) is 5.11 Å². The standard InChI is InChI=1S/C16H20O2/c17-16(13-7-11-6-12(11)8-13)10-2-1-3-15(9-10)18-14-4-5-14/h1-3,9,11-14,16-17H,4-8H2. The molecular formula is C16H20O2. The van der Waals surface area contributed by atoms with Crippen molar-refractivity contribution in [2.24, 2.45) is 17.8 Å². The molecule has 18 heavy (non-hydrogen) atoms. The molecule has 3 saturated carbocycles. The number of rotatable bonds is 4. The van der Waals surface area contributed by atoms with Gasteiger partial charge in [-0.25, -0.2) is 0 Å². The van der Waals surface area contributed by atoms with Crippen LogP contribution in [0, 0.1) is 17.8 Å². The smallest absolute Gasteiger partial charge is 0.120 e. The van der Waals surface area contributed by atoms with E-state index in [4.69, 9.17) is 4.74 Å². The zero-order chi connectivity index (χ0) is 12.1. The third kappa shape index (κ3) is 2.03. The minimum absolute atomic E-state index is 0.291. The van der Waals surface area contributed by atoms with Crippen LogP contribution in [0.25, 0.3) is 0 Å². The van der Waals surface area contributed by atoms with Crippen LogP contribution >= 0.6 is 0 Å². The summed E-state index contributed by atoms with van der Waals surface area (Å²) in [5.74, 6) is 3.26. The Hall–Kier alpha value is -1.02. The van der Waals surface area contributed by atoms with E-state index in [0.29, 0.717) is 12.0 Å². The molecule has 0 radical (unpaired) electrons. The summed E-state index contributed by atoms with van der Waals surface area (Å²) in [6.07, 6.45) is 6.35. The predicted octanol–water partition coefficient (Wildman–Crippen LogP) is 3.31. The van der Waals surface area contributed by atoms with E-state index in [0.717, 1.165) is 23.1 Å². The lowest BCUT2D eigenvalue weighted by atomic mass is 9.91. The van der Waals surface area contributed by atoms with Crippen LogP contribution in [0.1, 0.15) is 43.8 Å². The zero-order valence-electron chi connectivity index (χ0n) is 10.6. The molecule has 0 aromatic heterocycles. The van der Waals surface area contributed by atoms with Gasteiger partial charge >= 0.3 is 0 Å². The summed E-state index contributed by atoms with van der Waals surface area (Å²) in [6, 6.07) is 8.08. The summed E-state index contributed by atoms with van der Waals surface area (Å²) in [4.78, 5) is 0. The lowest BCUT2D eigenvalue weighted by Crippen LogP contribution is -2.11. The van der Waals surface area contributed by atoms with Gasteiger partial charge in [-0.2, -0.15) is 0 Å². The second-order valence-corrected chi connectivity index (χ2v) is 6.32. The van der Waals surface area contributed by atoms with Crippen LogP contribution in [-0.2, 0) is 0 Å². The highest BCUT2D eigenvalue weighted by Gasteiger charge is 2.47. The number of fused-ring (bicyclic) bond motifs is 1. The summed E-state index contributed by atoms with van der Waals surface area (Å²) in [5.41, 5.74) is 1.04. The molecule has 96 valence electrons. The maximum Gasteiger partial charge on any atom is 0.120 e. The van der Waals surface area contributed by atoms with Gasteiger partial charge < -0.3 is 9.84 Å². The fourth-order valence-electron chi connectivity index (χ4n) is 3.44. The van der Waals surface area contributed by atoms with Crippen molar-refractivity contribution in [2.75, 3.05) is 0 Å². The summed E-state index contributed by atoms with van der Waals surface area (Å²) < 4.78 is 5.80. The highest BCUT2D eigenvalue weighted by molar-refractivity contribution is 5.31. The summed E-state index contributed by atoms with van der Waals surface area (Å²) >= 11 is 0. The van der Waals surface area contributed by atoms with Gasteiger partial charge in [-0.3, -0.25) is 0 Å². The molecule has 1 aromatic rings. The van der Waals surface area contributed by atoms with E-state index in [1.54, 1.807) is 0 Å². The largest absolute Gasteiger partial charge is 0.490 e. The first-order valence-corrected chi connectivity index (χ1v) is 7.24. The van der Waals surface area contributed by atoms with E-state index < -0.39 is 0 Å². The number of hydrogen-bond acceptors (Lipinski definition) is 2. The minimum atomic E-state index is -0.291. The van der Waals surface area contributed by atoms with Crippen LogP contribution < -0.4 is 4.74 Å². The molecule has 0 spiro atoms. The van der Waals surface area contributed by atoms with Crippen LogP contribution in [0.4, 0.5) is 0 Å². The first-order valence-electron chi connectivity index (χ1n) is 7.24. The molecule has 0 amide bonds. The van der Waals surface area contributed by atoms with Crippen molar-refractivity contribution in [3.63, 3.8) is 0 Å². The number of aliphatic hydroxyl groups is 1. The molecule has 3 fully saturated rings. The lowest BCUT2D eigenvalue weighted by Gasteiger charge is -2.20. The first-order chi connectivity index (χ1) is 8.79. The van der Waals surface area contributed by atoms with E-state index in [1.165, 1.54) is 32.1 Å². The Morgan fingerprint density at radius 3 is 2.61 bits per heavy atom. The van der Waals surface area contributed by atoms with Gasteiger partial charge in [0.15, 0.2) is 0 Å². The molecule has 2 nitrogen and oxygen atoms in total. The molecule has 3 atom stereocenters. The third-order valence-electron chi connectivity index (χ3n) is 4.75. The highest BCUT2D eigenvalue weighted by atomic mass is 16.5. The maximum absolute atomic E-state index is 10.5. The average molecular weight is 244 g/mol. The number of benzene rings is 1. The molecule has 0 heterocycles. The highest BCUT2D eigenvalue weighted by Crippen LogP contribution is 2.57. The van der Waals surface area contributed by atoms with Gasteiger partial charge in [-0.1, -0.05) is 12.1 Å². The molecular weight excluding hydrogens is 224 g/mol. The summed E-state index contributed by atoms with van der Waals surface area (Å²) in [7, 11) is 0. The molecule has 0 saturated heterocycles. The zero-order valence-corrected chi connectivity index (χ0v) is 10.6. The van der Waals surface area contributed by atoms with Crippen molar-refractivity contribution in [1.29, 1.82) is 0 Å². The van der Waals surface area contributed by atoms with Crippen molar-refractivity contribution in [1.82, 2.24) is 0 Å². The summed E-state index contributed by atoms with van der Waals surface area (Å²) in [6.45, 7) is 0. The molecule has 3 unspecified atom stereocenters. The molecule has 1 aromatic carbocycles. The molecule has 3 aliphatic rings. The number of ether oxygens (including phenoxy) is 1. The van der Waals surface area contributed by atoms with Gasteiger partial charge in [-0.05, 0) is 67.6 Å². The van der Waals surface area contributed by atoms with Gasteiger partial charge in [0.1, 0.15) is 5.75 Å². The fourth-order valence-corrected chi connectivity index (χ4v) is 3.44. The van der Waals surface area contributed by atoms with Crippen molar-refractivity contribution in [3.05, 3.63) is 29.8 Å². The molecule has 4 rings (SSSR count). The van der Waals surface area contributed by atoms with Crippen LogP contribution in [-0.4, -0.2) is 11.2 Å². The Morgan fingerprint density at radius 1 is 1.11 bits per heavy atom. The lowest BCUT2D eigenvalue weighted by molar-refractivity contribution is 0.104. The quantitative estimate of drug-likeness (QED) is 0.880. The van der Waals surface area contributed by atoms with Gasteiger partial charge in [-0.15, -0.1) is 0 Å². The van der Waals surface area contributed by atoms with Gasteiger partial charge in [0.2, 0.25) is 0 Å². The predicted molar refractivity (Wildman–Crippen MR) is 69.4 cm³/mol. The van der Waals surface area contributed by atoms with Crippen LogP contribution in [0.2, 0.25) is 0 Å². The maximum atomic E-state index is 10.5. The SMILES string of the molecule is OC(c1cccc(OC2CC2)c1)C1CC2CC2C1. The van der Waals surface area contributed by atoms with Crippen molar-refractivity contribution in [2.45, 2.75) is 44.3 Å². The van der Waals surface area contributed by atoms with Crippen molar-refractivity contribution >= 4 is 0 Å². The summed E-state index contributed by atoms with van der Waals surface area (Å²) in [5, 5.41) is 10.5. The van der Waals surface area contributed by atoms with Crippen LogP contribution in [0.3, 0.4) is 0 Å². The van der Waals surface area contributed by atoms with Crippen LogP contribution in [0.5, 0.6) is 5.75 Å². The Morgan fingerprint density at radius 2 is 1.89 bits per heavy atom. The topological polar surface area (TPSA) is 29.5 Å². The molecule has 1 N–H and O–H groups in total. The second-order valence-electron chi connectivity index (χ2n) is 6.32. The normalized spacial score (nSPS) is 35.1. The van der Waals surface area contributed by atoms with Gasteiger partial charge in [0, 0.05) is 0 Å². The average Bonchev–Trinajstić information content (AvgIpc) is 3.30. The molecule has 2 heteroatoms. The van der Waals surface area contributed by atoms with Gasteiger partial charge in [0.05, 0.1) is 12.2 Å². The Labute approximate surface area is 108 Å². The minimum Gasteiger partial charge on any atom is -0.490 e. The second kappa shape index (κ2) is 3.99. The third-order valence-corrected chi connectivity index (χ3v) is 4.75.